The van der Waals surface area contributed by atoms with Gasteiger partial charge in [0.1, 0.15) is 0 Å². The number of hydrogen-bond acceptors (Lipinski definition) is 5. The van der Waals surface area contributed by atoms with E-state index < -0.39 is 0 Å². The monoisotopic (exact) mass is 229 g/mol. The van der Waals surface area contributed by atoms with Gasteiger partial charge in [-0.2, -0.15) is 4.98 Å². The van der Waals surface area contributed by atoms with Gasteiger partial charge in [0.2, 0.25) is 11.7 Å². The van der Waals surface area contributed by atoms with Crippen molar-refractivity contribution >= 4 is 22.9 Å². The predicted octanol–water partition coefficient (Wildman–Crippen LogP) is 2.47. The number of aromatic nitrogens is 2. The molecule has 0 saturated carbocycles. The minimum Gasteiger partial charge on any atom is -0.337 e. The molecule has 14 heavy (non-hydrogen) atoms. The molecule has 4 nitrogen and oxygen atoms in total. The summed E-state index contributed by atoms with van der Waals surface area (Å²) in [7, 11) is 0. The van der Waals surface area contributed by atoms with Crippen molar-refractivity contribution in [3.8, 4) is 10.7 Å². The van der Waals surface area contributed by atoms with Crippen LogP contribution >= 0.6 is 22.9 Å². The van der Waals surface area contributed by atoms with E-state index in [9.17, 15) is 0 Å². The van der Waals surface area contributed by atoms with E-state index in [2.05, 4.69) is 10.1 Å². The summed E-state index contributed by atoms with van der Waals surface area (Å²) in [6.07, 6.45) is 0. The average Bonchev–Trinajstić information content (AvgIpc) is 2.70. The molecule has 0 amide bonds. The van der Waals surface area contributed by atoms with Crippen LogP contribution in [0.2, 0.25) is 4.34 Å². The lowest BCUT2D eigenvalue weighted by Gasteiger charge is -1.92. The number of rotatable bonds is 2. The van der Waals surface area contributed by atoms with Crippen LogP contribution in [-0.4, -0.2) is 10.1 Å². The highest BCUT2D eigenvalue weighted by atomic mass is 35.5. The van der Waals surface area contributed by atoms with Crippen molar-refractivity contribution < 1.29 is 4.52 Å². The van der Waals surface area contributed by atoms with E-state index in [1.807, 2.05) is 6.07 Å². The molecule has 1 atom stereocenters. The number of hydrogen-bond donors (Lipinski definition) is 1. The number of nitrogens with two attached hydrogens (primary N) is 1. The Balaban J connectivity index is 2.33. The zero-order chi connectivity index (χ0) is 10.1. The van der Waals surface area contributed by atoms with Crippen LogP contribution < -0.4 is 5.73 Å². The molecular formula is C8H8ClN3OS. The van der Waals surface area contributed by atoms with Gasteiger partial charge < -0.3 is 10.3 Å². The maximum atomic E-state index is 5.79. The van der Waals surface area contributed by atoms with Gasteiger partial charge in [-0.15, -0.1) is 11.3 Å². The van der Waals surface area contributed by atoms with Crippen molar-refractivity contribution in [2.45, 2.75) is 13.0 Å². The van der Waals surface area contributed by atoms with Crippen molar-refractivity contribution in [3.05, 3.63) is 22.4 Å². The molecule has 0 unspecified atom stereocenters. The Morgan fingerprint density at radius 2 is 2.36 bits per heavy atom. The molecule has 2 aromatic heterocycles. The average molecular weight is 230 g/mol. The van der Waals surface area contributed by atoms with Gasteiger partial charge in [0.25, 0.3) is 0 Å². The van der Waals surface area contributed by atoms with Crippen LogP contribution in [0.5, 0.6) is 0 Å². The van der Waals surface area contributed by atoms with Crippen molar-refractivity contribution in [1.82, 2.24) is 10.1 Å². The zero-order valence-electron chi connectivity index (χ0n) is 7.40. The van der Waals surface area contributed by atoms with Crippen molar-refractivity contribution in [1.29, 1.82) is 0 Å². The van der Waals surface area contributed by atoms with Gasteiger partial charge in [-0.25, -0.2) is 0 Å². The van der Waals surface area contributed by atoms with Gasteiger partial charge in [0.05, 0.1) is 15.3 Å². The molecule has 74 valence electrons. The third-order valence-corrected chi connectivity index (χ3v) is 2.85. The lowest BCUT2D eigenvalue weighted by molar-refractivity contribution is 0.362. The van der Waals surface area contributed by atoms with Gasteiger partial charge in [0.15, 0.2) is 0 Å². The highest BCUT2D eigenvalue weighted by Gasteiger charge is 2.12. The van der Waals surface area contributed by atoms with Crippen molar-refractivity contribution in [3.63, 3.8) is 0 Å². The Kier molecular flexibility index (Phi) is 2.54. The van der Waals surface area contributed by atoms with Crippen LogP contribution in [0.1, 0.15) is 18.9 Å². The minimum atomic E-state index is -0.244. The maximum Gasteiger partial charge on any atom is 0.243 e. The van der Waals surface area contributed by atoms with Crippen LogP contribution in [0.15, 0.2) is 16.7 Å². The van der Waals surface area contributed by atoms with E-state index >= 15 is 0 Å². The zero-order valence-corrected chi connectivity index (χ0v) is 8.97. The molecule has 2 heterocycles. The van der Waals surface area contributed by atoms with Crippen molar-refractivity contribution in [2.24, 2.45) is 5.73 Å². The van der Waals surface area contributed by atoms with Crippen LogP contribution in [0.3, 0.4) is 0 Å². The van der Waals surface area contributed by atoms with Crippen LogP contribution in [-0.2, 0) is 0 Å². The Morgan fingerprint density at radius 1 is 1.57 bits per heavy atom. The summed E-state index contributed by atoms with van der Waals surface area (Å²) in [6.45, 7) is 1.79. The molecule has 0 aliphatic rings. The van der Waals surface area contributed by atoms with Crippen LogP contribution in [0.25, 0.3) is 10.7 Å². The topological polar surface area (TPSA) is 64.9 Å². The summed E-state index contributed by atoms with van der Waals surface area (Å²) in [5.41, 5.74) is 5.59. The fraction of sp³-hybridized carbons (Fsp3) is 0.250. The third-order valence-electron chi connectivity index (χ3n) is 1.62. The van der Waals surface area contributed by atoms with E-state index in [4.69, 9.17) is 21.9 Å². The van der Waals surface area contributed by atoms with Crippen molar-refractivity contribution in [2.75, 3.05) is 0 Å². The molecule has 0 saturated heterocycles. The SMILES string of the molecule is C[C@@H](N)c1nc(-c2ccc(Cl)s2)no1. The van der Waals surface area contributed by atoms with E-state index in [1.54, 1.807) is 13.0 Å². The summed E-state index contributed by atoms with van der Waals surface area (Å²) < 4.78 is 5.67. The first-order valence-electron chi connectivity index (χ1n) is 4.01. The molecule has 0 aromatic carbocycles. The molecule has 0 spiro atoms. The second-order valence-corrected chi connectivity index (χ2v) is 4.56. The number of thiophene rings is 1. The molecule has 2 N–H and O–H groups in total. The first-order valence-corrected chi connectivity index (χ1v) is 5.21. The van der Waals surface area contributed by atoms with Gasteiger partial charge in [0, 0.05) is 0 Å². The summed E-state index contributed by atoms with van der Waals surface area (Å²) in [5, 5.41) is 3.81. The lowest BCUT2D eigenvalue weighted by Crippen LogP contribution is -2.04. The fourth-order valence-electron chi connectivity index (χ4n) is 0.955. The van der Waals surface area contributed by atoms with Gasteiger partial charge in [-0.1, -0.05) is 16.8 Å². The largest absolute Gasteiger partial charge is 0.337 e. The van der Waals surface area contributed by atoms with E-state index in [1.165, 1.54) is 11.3 Å². The molecule has 2 rings (SSSR count). The smallest absolute Gasteiger partial charge is 0.243 e. The number of nitrogens with zero attached hydrogens (tertiary/aromatic N) is 2. The molecular weight excluding hydrogens is 222 g/mol. The highest BCUT2D eigenvalue weighted by Crippen LogP contribution is 2.29. The maximum absolute atomic E-state index is 5.79. The normalized spacial score (nSPS) is 13.1. The lowest BCUT2D eigenvalue weighted by atomic mass is 10.4. The van der Waals surface area contributed by atoms with E-state index in [0.717, 1.165) is 4.88 Å². The number of halogens is 1. The van der Waals surface area contributed by atoms with Crippen LogP contribution in [0, 0.1) is 0 Å². The third kappa shape index (κ3) is 1.79. The fourth-order valence-corrected chi connectivity index (χ4v) is 1.92. The van der Waals surface area contributed by atoms with E-state index in [0.29, 0.717) is 16.1 Å². The molecule has 0 aliphatic carbocycles. The first-order chi connectivity index (χ1) is 6.66. The Labute approximate surface area is 89.7 Å². The van der Waals surface area contributed by atoms with Gasteiger partial charge in [-0.05, 0) is 19.1 Å². The van der Waals surface area contributed by atoms with Gasteiger partial charge in [-0.3, -0.25) is 0 Å². The highest BCUT2D eigenvalue weighted by molar-refractivity contribution is 7.19. The van der Waals surface area contributed by atoms with E-state index in [-0.39, 0.29) is 6.04 Å². The molecule has 0 bridgehead atoms. The summed E-state index contributed by atoms with van der Waals surface area (Å²) in [5.74, 6) is 0.971. The van der Waals surface area contributed by atoms with Gasteiger partial charge >= 0.3 is 0 Å². The molecule has 0 fully saturated rings. The quantitative estimate of drug-likeness (QED) is 0.859. The Morgan fingerprint density at radius 3 is 2.86 bits per heavy atom. The Bertz CT molecular complexity index is 437. The second-order valence-electron chi connectivity index (χ2n) is 2.85. The second kappa shape index (κ2) is 3.68. The molecule has 0 aliphatic heterocycles. The van der Waals surface area contributed by atoms with Crippen LogP contribution in [0.4, 0.5) is 0 Å². The summed E-state index contributed by atoms with van der Waals surface area (Å²) in [4.78, 5) is 5.02. The summed E-state index contributed by atoms with van der Waals surface area (Å²) >= 11 is 7.19. The Hall–Kier alpha value is -0.910. The molecule has 2 aromatic rings. The standard InChI is InChI=1S/C8H8ClN3OS/c1-4(10)8-11-7(12-13-8)5-2-3-6(9)14-5/h2-4H,10H2,1H3/t4-/m1/s1. The summed E-state index contributed by atoms with van der Waals surface area (Å²) in [6, 6.07) is 3.40. The minimum absolute atomic E-state index is 0.244. The first kappa shape index (κ1) is 9.64. The molecule has 0 radical (unpaired) electrons. The molecule has 6 heteroatoms. The predicted molar refractivity (Wildman–Crippen MR) is 55.2 cm³/mol.